The van der Waals surface area contributed by atoms with Gasteiger partial charge in [-0.25, -0.2) is 0 Å². The molecule has 0 aliphatic heterocycles. The van der Waals surface area contributed by atoms with Crippen molar-refractivity contribution in [1.29, 1.82) is 0 Å². The first-order chi connectivity index (χ1) is 8.32. The van der Waals surface area contributed by atoms with E-state index in [1.165, 1.54) is 0 Å². The van der Waals surface area contributed by atoms with Gasteiger partial charge in [0.2, 0.25) is 0 Å². The Bertz CT molecular complexity index is 403. The molecule has 2 nitrogen and oxygen atoms in total. The molecule has 0 aromatic heterocycles. The van der Waals surface area contributed by atoms with Crippen molar-refractivity contribution in [2.24, 2.45) is 16.7 Å². The molecular formula is C16H24O2. The highest BCUT2D eigenvalue weighted by molar-refractivity contribution is 5.31. The molecule has 1 fully saturated rings. The van der Waals surface area contributed by atoms with Gasteiger partial charge in [0.1, 0.15) is 5.75 Å². The summed E-state index contributed by atoms with van der Waals surface area (Å²) in [6.07, 6.45) is -0.384. The fourth-order valence-corrected chi connectivity index (χ4v) is 3.16. The molecule has 0 saturated heterocycles. The van der Waals surface area contributed by atoms with Crippen molar-refractivity contribution in [2.75, 3.05) is 6.61 Å². The van der Waals surface area contributed by atoms with Crippen molar-refractivity contribution in [3.8, 4) is 5.75 Å². The molecule has 0 amide bonds. The number of rotatable bonds is 4. The molecule has 0 bridgehead atoms. The molecule has 1 aromatic carbocycles. The SMILES string of the molecule is CCOc1ccc(C(O)C2C(C)(C)C2(C)C)cc1. The van der Waals surface area contributed by atoms with Gasteiger partial charge in [-0.2, -0.15) is 0 Å². The molecule has 0 heterocycles. The standard InChI is InChI=1S/C16H24O2/c1-6-18-12-9-7-11(8-10-12)13(17)14-15(2,3)16(14,4)5/h7-10,13-14,17H,6H2,1-5H3. The molecule has 1 aliphatic carbocycles. The van der Waals surface area contributed by atoms with Crippen molar-refractivity contribution in [3.05, 3.63) is 29.8 Å². The van der Waals surface area contributed by atoms with E-state index in [0.29, 0.717) is 12.5 Å². The van der Waals surface area contributed by atoms with Crippen LogP contribution < -0.4 is 4.74 Å². The molecule has 1 unspecified atom stereocenters. The van der Waals surface area contributed by atoms with Gasteiger partial charge in [-0.1, -0.05) is 39.8 Å². The van der Waals surface area contributed by atoms with Gasteiger partial charge in [-0.15, -0.1) is 0 Å². The summed E-state index contributed by atoms with van der Waals surface area (Å²) in [5.74, 6) is 1.19. The summed E-state index contributed by atoms with van der Waals surface area (Å²) >= 11 is 0. The van der Waals surface area contributed by atoms with Crippen molar-refractivity contribution < 1.29 is 9.84 Å². The van der Waals surface area contributed by atoms with E-state index in [1.54, 1.807) is 0 Å². The third-order valence-electron chi connectivity index (χ3n) is 4.98. The average molecular weight is 248 g/mol. The third kappa shape index (κ3) is 1.93. The van der Waals surface area contributed by atoms with E-state index in [-0.39, 0.29) is 16.9 Å². The Morgan fingerprint density at radius 1 is 1.11 bits per heavy atom. The first kappa shape index (κ1) is 13.4. The van der Waals surface area contributed by atoms with Crippen LogP contribution in [0.5, 0.6) is 5.75 Å². The maximum atomic E-state index is 10.5. The van der Waals surface area contributed by atoms with Crippen LogP contribution in [0, 0.1) is 16.7 Å². The lowest BCUT2D eigenvalue weighted by molar-refractivity contribution is 0.130. The number of aliphatic hydroxyl groups is 1. The summed E-state index contributed by atoms with van der Waals surface area (Å²) in [7, 11) is 0. The lowest BCUT2D eigenvalue weighted by atomic mass is 9.99. The van der Waals surface area contributed by atoms with E-state index in [4.69, 9.17) is 4.74 Å². The first-order valence-electron chi connectivity index (χ1n) is 6.73. The molecule has 18 heavy (non-hydrogen) atoms. The minimum atomic E-state index is -0.384. The highest BCUT2D eigenvalue weighted by Gasteiger charge is 2.67. The molecule has 0 spiro atoms. The zero-order chi connectivity index (χ0) is 13.6. The Morgan fingerprint density at radius 3 is 2.00 bits per heavy atom. The Kier molecular flexibility index (Phi) is 3.18. The minimum absolute atomic E-state index is 0.199. The maximum absolute atomic E-state index is 10.5. The van der Waals surface area contributed by atoms with E-state index in [9.17, 15) is 5.11 Å². The molecule has 100 valence electrons. The van der Waals surface area contributed by atoms with Crippen LogP contribution in [0.25, 0.3) is 0 Å². The Morgan fingerprint density at radius 2 is 1.61 bits per heavy atom. The average Bonchev–Trinajstić information content (AvgIpc) is 2.70. The fraction of sp³-hybridized carbons (Fsp3) is 0.625. The maximum Gasteiger partial charge on any atom is 0.119 e. The molecule has 1 aromatic rings. The molecular weight excluding hydrogens is 224 g/mol. The lowest BCUT2D eigenvalue weighted by Gasteiger charge is -2.14. The van der Waals surface area contributed by atoms with Gasteiger partial charge in [-0.3, -0.25) is 0 Å². The molecule has 1 saturated carbocycles. The molecule has 1 N–H and O–H groups in total. The van der Waals surface area contributed by atoms with E-state index in [0.717, 1.165) is 11.3 Å². The normalized spacial score (nSPS) is 22.6. The van der Waals surface area contributed by atoms with Crippen LogP contribution in [0.4, 0.5) is 0 Å². The summed E-state index contributed by atoms with van der Waals surface area (Å²) in [6, 6.07) is 7.81. The van der Waals surface area contributed by atoms with Crippen LogP contribution in [-0.2, 0) is 0 Å². The molecule has 1 atom stereocenters. The van der Waals surface area contributed by atoms with Crippen LogP contribution in [0.3, 0.4) is 0 Å². The lowest BCUT2D eigenvalue weighted by Crippen LogP contribution is -2.05. The predicted molar refractivity (Wildman–Crippen MR) is 73.6 cm³/mol. The number of hydrogen-bond donors (Lipinski definition) is 1. The highest BCUT2D eigenvalue weighted by Crippen LogP contribution is 2.72. The van der Waals surface area contributed by atoms with Crippen molar-refractivity contribution >= 4 is 0 Å². The van der Waals surface area contributed by atoms with Gasteiger partial charge in [0.25, 0.3) is 0 Å². The summed E-state index contributed by atoms with van der Waals surface area (Å²) in [5.41, 5.74) is 1.39. The number of hydrogen-bond acceptors (Lipinski definition) is 2. The molecule has 1 aliphatic rings. The van der Waals surface area contributed by atoms with Gasteiger partial charge in [-0.05, 0) is 35.4 Å². The number of ether oxygens (including phenoxy) is 1. The number of aliphatic hydroxyl groups excluding tert-OH is 1. The van der Waals surface area contributed by atoms with E-state index < -0.39 is 0 Å². The third-order valence-corrected chi connectivity index (χ3v) is 4.98. The Labute approximate surface area is 110 Å². The van der Waals surface area contributed by atoms with Gasteiger partial charge in [0, 0.05) is 5.92 Å². The van der Waals surface area contributed by atoms with Crippen molar-refractivity contribution in [1.82, 2.24) is 0 Å². The molecule has 2 rings (SSSR count). The van der Waals surface area contributed by atoms with Crippen molar-refractivity contribution in [3.63, 3.8) is 0 Å². The second-order valence-electron chi connectivity index (χ2n) is 6.37. The van der Waals surface area contributed by atoms with Gasteiger partial charge >= 0.3 is 0 Å². The van der Waals surface area contributed by atoms with Crippen LogP contribution in [0.15, 0.2) is 24.3 Å². The fourth-order valence-electron chi connectivity index (χ4n) is 3.16. The Balaban J connectivity index is 2.13. The quantitative estimate of drug-likeness (QED) is 0.878. The van der Waals surface area contributed by atoms with Crippen LogP contribution in [0.2, 0.25) is 0 Å². The highest BCUT2D eigenvalue weighted by atomic mass is 16.5. The first-order valence-corrected chi connectivity index (χ1v) is 6.73. The minimum Gasteiger partial charge on any atom is -0.494 e. The predicted octanol–water partition coefficient (Wildman–Crippen LogP) is 3.80. The summed E-state index contributed by atoms with van der Waals surface area (Å²) in [4.78, 5) is 0. The second kappa shape index (κ2) is 4.27. The Hall–Kier alpha value is -1.02. The van der Waals surface area contributed by atoms with Gasteiger partial charge in [0.15, 0.2) is 0 Å². The molecule has 0 radical (unpaired) electrons. The van der Waals surface area contributed by atoms with E-state index >= 15 is 0 Å². The van der Waals surface area contributed by atoms with Crippen LogP contribution in [0.1, 0.15) is 46.3 Å². The molecule has 2 heteroatoms. The summed E-state index contributed by atoms with van der Waals surface area (Å²) in [5, 5.41) is 10.5. The van der Waals surface area contributed by atoms with Crippen LogP contribution >= 0.6 is 0 Å². The van der Waals surface area contributed by atoms with Gasteiger partial charge < -0.3 is 9.84 Å². The number of benzene rings is 1. The zero-order valence-corrected chi connectivity index (χ0v) is 12.0. The van der Waals surface area contributed by atoms with E-state index in [2.05, 4.69) is 27.7 Å². The topological polar surface area (TPSA) is 29.5 Å². The van der Waals surface area contributed by atoms with Crippen molar-refractivity contribution in [2.45, 2.75) is 40.7 Å². The second-order valence-corrected chi connectivity index (χ2v) is 6.37. The largest absolute Gasteiger partial charge is 0.494 e. The summed E-state index contributed by atoms with van der Waals surface area (Å²) < 4.78 is 5.42. The van der Waals surface area contributed by atoms with E-state index in [1.807, 2.05) is 31.2 Å². The summed E-state index contributed by atoms with van der Waals surface area (Å²) in [6.45, 7) is 11.6. The smallest absolute Gasteiger partial charge is 0.119 e. The zero-order valence-electron chi connectivity index (χ0n) is 12.0. The van der Waals surface area contributed by atoms with Gasteiger partial charge in [0.05, 0.1) is 12.7 Å². The van der Waals surface area contributed by atoms with Crippen LogP contribution in [-0.4, -0.2) is 11.7 Å². The monoisotopic (exact) mass is 248 g/mol.